The first-order valence-electron chi connectivity index (χ1n) is 4.30. The topological polar surface area (TPSA) is 64.6 Å². The quantitative estimate of drug-likeness (QED) is 0.678. The second kappa shape index (κ2) is 5.50. The van der Waals surface area contributed by atoms with Crippen molar-refractivity contribution in [2.75, 3.05) is 19.5 Å². The Balaban J connectivity index is 3.29. The van der Waals surface area contributed by atoms with Crippen molar-refractivity contribution in [3.05, 3.63) is 22.2 Å². The molecule has 0 aromatic heterocycles. The van der Waals surface area contributed by atoms with Gasteiger partial charge in [0.15, 0.2) is 0 Å². The zero-order valence-corrected chi connectivity index (χ0v) is 10.3. The van der Waals surface area contributed by atoms with E-state index >= 15 is 0 Å². The van der Waals surface area contributed by atoms with Crippen LogP contribution in [0.1, 0.15) is 10.4 Å². The fraction of sp³-hybridized carbons (Fsp3) is 0.200. The molecule has 0 spiro atoms. The minimum absolute atomic E-state index is 0.252. The Morgan fingerprint density at radius 1 is 1.44 bits per heavy atom. The van der Waals surface area contributed by atoms with E-state index in [4.69, 9.17) is 4.74 Å². The molecule has 0 aliphatic rings. The molecule has 0 unspecified atom stereocenters. The maximum atomic E-state index is 11.4. The van der Waals surface area contributed by atoms with Crippen molar-refractivity contribution in [3.63, 3.8) is 0 Å². The van der Waals surface area contributed by atoms with Crippen molar-refractivity contribution in [1.82, 2.24) is 0 Å². The van der Waals surface area contributed by atoms with Gasteiger partial charge in [0.05, 0.1) is 29.9 Å². The second-order valence-corrected chi connectivity index (χ2v) is 3.64. The van der Waals surface area contributed by atoms with Crippen LogP contribution in [-0.2, 0) is 9.53 Å². The Bertz CT molecular complexity index is 420. The Morgan fingerprint density at radius 3 is 2.62 bits per heavy atom. The minimum atomic E-state index is -0.535. The lowest BCUT2D eigenvalue weighted by Crippen LogP contribution is -2.07. The summed E-state index contributed by atoms with van der Waals surface area (Å²) in [7, 11) is 2.76. The van der Waals surface area contributed by atoms with Crippen molar-refractivity contribution in [1.29, 1.82) is 0 Å². The number of carbonyl (C=O) groups is 2. The molecule has 1 aromatic carbocycles. The maximum Gasteiger partial charge on any atom is 0.340 e. The highest BCUT2D eigenvalue weighted by atomic mass is 79.9. The van der Waals surface area contributed by atoms with Crippen LogP contribution in [0.15, 0.2) is 16.6 Å². The molecule has 1 aromatic rings. The molecular formula is C10H10BrNO4. The molecule has 6 heteroatoms. The van der Waals surface area contributed by atoms with Gasteiger partial charge in [0.2, 0.25) is 6.41 Å². The summed E-state index contributed by atoms with van der Waals surface area (Å²) in [6.45, 7) is 0. The fourth-order valence-corrected chi connectivity index (χ4v) is 1.68. The first kappa shape index (κ1) is 12.5. The van der Waals surface area contributed by atoms with Crippen LogP contribution in [0, 0.1) is 0 Å². The van der Waals surface area contributed by atoms with Gasteiger partial charge in [-0.1, -0.05) is 0 Å². The zero-order valence-electron chi connectivity index (χ0n) is 8.74. The molecule has 0 aliphatic carbocycles. The van der Waals surface area contributed by atoms with Crippen LogP contribution in [0.4, 0.5) is 5.69 Å². The summed E-state index contributed by atoms with van der Waals surface area (Å²) in [4.78, 5) is 21.8. The molecule has 0 saturated carbocycles. The fourth-order valence-electron chi connectivity index (χ4n) is 1.17. The van der Waals surface area contributed by atoms with Crippen molar-refractivity contribution < 1.29 is 19.1 Å². The monoisotopic (exact) mass is 287 g/mol. The lowest BCUT2D eigenvalue weighted by molar-refractivity contribution is -0.105. The molecule has 0 radical (unpaired) electrons. The number of hydrogen-bond donors (Lipinski definition) is 1. The molecule has 16 heavy (non-hydrogen) atoms. The van der Waals surface area contributed by atoms with Gasteiger partial charge in [-0.25, -0.2) is 4.79 Å². The number of rotatable bonds is 4. The average molecular weight is 288 g/mol. The summed E-state index contributed by atoms with van der Waals surface area (Å²) in [5.74, 6) is -0.0234. The molecule has 1 N–H and O–H groups in total. The van der Waals surface area contributed by atoms with Gasteiger partial charge >= 0.3 is 5.97 Å². The van der Waals surface area contributed by atoms with E-state index in [0.29, 0.717) is 22.3 Å². The predicted octanol–water partition coefficient (Wildman–Crippen LogP) is 1.81. The van der Waals surface area contributed by atoms with Crippen LogP contribution in [-0.4, -0.2) is 26.6 Å². The molecule has 1 rings (SSSR count). The average Bonchev–Trinajstić information content (AvgIpc) is 2.30. The van der Waals surface area contributed by atoms with E-state index in [1.54, 1.807) is 0 Å². The lowest BCUT2D eigenvalue weighted by Gasteiger charge is -2.10. The van der Waals surface area contributed by atoms with Crippen molar-refractivity contribution in [3.8, 4) is 5.75 Å². The molecule has 0 saturated heterocycles. The summed E-state index contributed by atoms with van der Waals surface area (Å²) < 4.78 is 10.2. The maximum absolute atomic E-state index is 11.4. The molecule has 0 atom stereocenters. The summed E-state index contributed by atoms with van der Waals surface area (Å²) in [6.07, 6.45) is 0.481. The third-order valence-corrected chi connectivity index (χ3v) is 2.53. The number of hydrogen-bond acceptors (Lipinski definition) is 4. The molecule has 5 nitrogen and oxygen atoms in total. The largest absolute Gasteiger partial charge is 0.495 e. The molecule has 0 fully saturated rings. The molecule has 86 valence electrons. The van der Waals surface area contributed by atoms with Crippen molar-refractivity contribution in [2.24, 2.45) is 0 Å². The second-order valence-electron chi connectivity index (χ2n) is 2.79. The number of esters is 1. The van der Waals surface area contributed by atoms with Gasteiger partial charge in [-0.2, -0.15) is 0 Å². The molecule has 0 bridgehead atoms. The Kier molecular flexibility index (Phi) is 4.30. The Labute approximate surface area is 101 Å². The first-order valence-corrected chi connectivity index (χ1v) is 5.09. The van der Waals surface area contributed by atoms with E-state index in [1.807, 2.05) is 0 Å². The number of ether oxygens (including phenoxy) is 2. The van der Waals surface area contributed by atoms with Gasteiger partial charge in [0.1, 0.15) is 5.75 Å². The smallest absolute Gasteiger partial charge is 0.340 e. The van der Waals surface area contributed by atoms with Crippen LogP contribution in [0.3, 0.4) is 0 Å². The van der Waals surface area contributed by atoms with Gasteiger partial charge in [0, 0.05) is 6.07 Å². The SMILES string of the molecule is COC(=O)c1cc(Br)c(OC)cc1NC=O. The van der Waals surface area contributed by atoms with Crippen molar-refractivity contribution in [2.45, 2.75) is 0 Å². The van der Waals surface area contributed by atoms with Gasteiger partial charge in [-0.05, 0) is 22.0 Å². The number of methoxy groups -OCH3 is 2. The number of benzene rings is 1. The number of carbonyl (C=O) groups excluding carboxylic acids is 2. The highest BCUT2D eigenvalue weighted by molar-refractivity contribution is 9.10. The first-order chi connectivity index (χ1) is 7.63. The molecule has 0 aliphatic heterocycles. The van der Waals surface area contributed by atoms with Gasteiger partial charge in [-0.15, -0.1) is 0 Å². The zero-order chi connectivity index (χ0) is 12.1. The van der Waals surface area contributed by atoms with Crippen LogP contribution < -0.4 is 10.1 Å². The van der Waals surface area contributed by atoms with Crippen molar-refractivity contribution >= 4 is 34.0 Å². The predicted molar refractivity (Wildman–Crippen MR) is 61.7 cm³/mol. The van der Waals surface area contributed by atoms with E-state index < -0.39 is 5.97 Å². The molecule has 0 heterocycles. The number of amides is 1. The summed E-state index contributed by atoms with van der Waals surface area (Å²) in [6, 6.07) is 3.06. The van der Waals surface area contributed by atoms with E-state index in [1.165, 1.54) is 26.4 Å². The van der Waals surface area contributed by atoms with Gasteiger partial charge in [-0.3, -0.25) is 4.79 Å². The summed E-state index contributed by atoms with van der Waals surface area (Å²) in [5, 5.41) is 2.41. The number of halogens is 1. The van der Waals surface area contributed by atoms with Crippen LogP contribution >= 0.6 is 15.9 Å². The highest BCUT2D eigenvalue weighted by Crippen LogP contribution is 2.31. The van der Waals surface area contributed by atoms with E-state index in [-0.39, 0.29) is 5.56 Å². The molecule has 1 amide bonds. The Hall–Kier alpha value is -1.56. The van der Waals surface area contributed by atoms with Crippen LogP contribution in [0.2, 0.25) is 0 Å². The van der Waals surface area contributed by atoms with Gasteiger partial charge in [0.25, 0.3) is 0 Å². The Morgan fingerprint density at radius 2 is 2.12 bits per heavy atom. The number of anilines is 1. The third kappa shape index (κ3) is 2.52. The van der Waals surface area contributed by atoms with E-state index in [0.717, 1.165) is 0 Å². The summed E-state index contributed by atoms with van der Waals surface area (Å²) in [5.41, 5.74) is 0.587. The summed E-state index contributed by atoms with van der Waals surface area (Å²) >= 11 is 3.24. The third-order valence-electron chi connectivity index (χ3n) is 1.91. The van der Waals surface area contributed by atoms with Crippen LogP contribution in [0.25, 0.3) is 0 Å². The highest BCUT2D eigenvalue weighted by Gasteiger charge is 2.15. The normalized spacial score (nSPS) is 9.44. The van der Waals surface area contributed by atoms with E-state index in [9.17, 15) is 9.59 Å². The van der Waals surface area contributed by atoms with Crippen LogP contribution in [0.5, 0.6) is 5.75 Å². The minimum Gasteiger partial charge on any atom is -0.495 e. The number of nitrogens with one attached hydrogen (secondary N) is 1. The lowest BCUT2D eigenvalue weighted by atomic mass is 10.1. The standard InChI is InChI=1S/C10H10BrNO4/c1-15-9-4-8(12-5-13)6(3-7(9)11)10(14)16-2/h3-5H,1-2H3,(H,12,13). The van der Waals surface area contributed by atoms with E-state index in [2.05, 4.69) is 26.0 Å². The molecular weight excluding hydrogens is 278 g/mol. The van der Waals surface area contributed by atoms with Gasteiger partial charge < -0.3 is 14.8 Å².